The van der Waals surface area contributed by atoms with E-state index in [9.17, 15) is 5.11 Å². The van der Waals surface area contributed by atoms with Crippen LogP contribution in [-0.2, 0) is 40.3 Å². The summed E-state index contributed by atoms with van der Waals surface area (Å²) in [5.74, 6) is 1.28. The number of benzene rings is 1. The van der Waals surface area contributed by atoms with Crippen LogP contribution >= 0.6 is 0 Å². The molecular weight excluding hydrogens is 478 g/mol. The highest BCUT2D eigenvalue weighted by Gasteiger charge is 2.64. The molecule has 0 saturated carbocycles. The molecule has 206 valence electrons. The first-order chi connectivity index (χ1) is 18.2. The van der Waals surface area contributed by atoms with Crippen molar-refractivity contribution in [3.05, 3.63) is 35.4 Å². The lowest BCUT2D eigenvalue weighted by Gasteiger charge is -2.56. The van der Waals surface area contributed by atoms with Crippen molar-refractivity contribution in [3.63, 3.8) is 0 Å². The number of likely N-dealkylation sites (tertiary alicyclic amines) is 1. The fourth-order valence-corrected chi connectivity index (χ4v) is 6.51. The average Bonchev–Trinajstić information content (AvgIpc) is 3.26. The minimum atomic E-state index is -0.173. The summed E-state index contributed by atoms with van der Waals surface area (Å²) in [7, 11) is 3.87. The number of hydrogen-bond donors (Lipinski definition) is 1. The minimum Gasteiger partial charge on any atom is -0.504 e. The Balaban J connectivity index is 1.03. The Labute approximate surface area is 219 Å². The molecule has 1 aromatic rings. The van der Waals surface area contributed by atoms with E-state index < -0.39 is 0 Å². The topological polar surface area (TPSA) is 88.1 Å². The third-order valence-corrected chi connectivity index (χ3v) is 8.22. The Morgan fingerprint density at radius 1 is 0.919 bits per heavy atom. The molecule has 9 heteroatoms. The van der Waals surface area contributed by atoms with Crippen molar-refractivity contribution < 1.29 is 38.3 Å². The minimum absolute atomic E-state index is 0.130. The molecule has 4 aliphatic rings. The van der Waals surface area contributed by atoms with E-state index in [0.29, 0.717) is 83.8 Å². The van der Waals surface area contributed by atoms with Crippen LogP contribution in [0.2, 0.25) is 0 Å². The van der Waals surface area contributed by atoms with Crippen molar-refractivity contribution >= 4 is 0 Å². The first-order valence-corrected chi connectivity index (χ1v) is 13.5. The average molecular weight is 520 g/mol. The second kappa shape index (κ2) is 12.4. The largest absolute Gasteiger partial charge is 0.504 e. The normalized spacial score (nSPS) is 29.4. The van der Waals surface area contributed by atoms with Gasteiger partial charge in [0.1, 0.15) is 12.2 Å². The fraction of sp³-hybridized carbons (Fsp3) is 0.714. The highest BCUT2D eigenvalue weighted by atomic mass is 16.6. The molecule has 2 unspecified atom stereocenters. The van der Waals surface area contributed by atoms with Crippen LogP contribution in [0, 0.1) is 5.92 Å². The molecule has 0 radical (unpaired) electrons. The number of methoxy groups -OCH3 is 1. The van der Waals surface area contributed by atoms with Gasteiger partial charge in [0.25, 0.3) is 0 Å². The van der Waals surface area contributed by atoms with Gasteiger partial charge >= 0.3 is 0 Å². The number of rotatable bonds is 16. The molecule has 2 aliphatic heterocycles. The molecule has 1 spiro atoms. The molecule has 5 atom stereocenters. The second-order valence-electron chi connectivity index (χ2n) is 10.2. The molecule has 5 rings (SSSR count). The molecule has 2 bridgehead atoms. The third-order valence-electron chi connectivity index (χ3n) is 8.22. The molecule has 9 nitrogen and oxygen atoms in total. The van der Waals surface area contributed by atoms with Crippen molar-refractivity contribution in [1.29, 1.82) is 0 Å². The van der Waals surface area contributed by atoms with Gasteiger partial charge in [-0.05, 0) is 38.1 Å². The first-order valence-electron chi connectivity index (χ1n) is 13.5. The maximum atomic E-state index is 10.6. The maximum Gasteiger partial charge on any atom is 0.165 e. The van der Waals surface area contributed by atoms with Gasteiger partial charge in [-0.3, -0.25) is 0 Å². The number of likely N-dealkylation sites (N-methyl/N-ethyl adjacent to an activating group) is 1. The summed E-state index contributed by atoms with van der Waals surface area (Å²) < 4.78 is 39.8. The highest BCUT2D eigenvalue weighted by molar-refractivity contribution is 5.61. The summed E-state index contributed by atoms with van der Waals surface area (Å²) in [5, 5.41) is 10.6. The van der Waals surface area contributed by atoms with E-state index in [1.807, 2.05) is 0 Å². The molecule has 2 heterocycles. The molecule has 0 aromatic heterocycles. The summed E-state index contributed by atoms with van der Waals surface area (Å²) in [6.45, 7) is 6.35. The lowest BCUT2D eigenvalue weighted by Crippen LogP contribution is -2.65. The quantitative estimate of drug-likeness (QED) is 0.260. The Morgan fingerprint density at radius 3 is 2.24 bits per heavy atom. The summed E-state index contributed by atoms with van der Waals surface area (Å²) in [6, 6.07) is 4.31. The van der Waals surface area contributed by atoms with Crippen molar-refractivity contribution in [1.82, 2.24) is 4.90 Å². The van der Waals surface area contributed by atoms with E-state index in [1.54, 1.807) is 13.2 Å². The molecule has 0 amide bonds. The number of piperidine rings is 1. The molecule has 1 N–H and O–H groups in total. The highest BCUT2D eigenvalue weighted by Crippen LogP contribution is 2.62. The molecule has 1 fully saturated rings. The predicted molar refractivity (Wildman–Crippen MR) is 136 cm³/mol. The van der Waals surface area contributed by atoms with Gasteiger partial charge in [-0.2, -0.15) is 0 Å². The number of phenols is 1. The molecule has 2 aliphatic carbocycles. The van der Waals surface area contributed by atoms with E-state index in [2.05, 4.69) is 30.2 Å². The molecule has 1 aromatic carbocycles. The number of phenolic OH excluding ortho intramolecular Hbond substituents is 1. The van der Waals surface area contributed by atoms with Crippen LogP contribution in [-0.4, -0.2) is 115 Å². The van der Waals surface area contributed by atoms with Gasteiger partial charge in [0.05, 0.1) is 66.1 Å². The third kappa shape index (κ3) is 5.41. The molecule has 1 saturated heterocycles. The lowest BCUT2D eigenvalue weighted by atomic mass is 9.53. The lowest BCUT2D eigenvalue weighted by molar-refractivity contribution is -0.0818. The SMILES string of the molecule is COCCOCCOCCOCCOCCO[C@H]1C=CC2C3Cc4ccc(O)c5c4[C@@]2(CCN3C)[C@H]1O5. The Kier molecular flexibility index (Phi) is 9.02. The summed E-state index contributed by atoms with van der Waals surface area (Å²) in [5.41, 5.74) is 2.40. The van der Waals surface area contributed by atoms with Gasteiger partial charge in [-0.25, -0.2) is 0 Å². The van der Waals surface area contributed by atoms with Crippen molar-refractivity contribution in [2.24, 2.45) is 5.92 Å². The zero-order valence-electron chi connectivity index (χ0n) is 22.1. The smallest absolute Gasteiger partial charge is 0.165 e. The summed E-state index contributed by atoms with van der Waals surface area (Å²) >= 11 is 0. The fourth-order valence-electron chi connectivity index (χ4n) is 6.51. The summed E-state index contributed by atoms with van der Waals surface area (Å²) in [6.07, 6.45) is 6.20. The van der Waals surface area contributed by atoms with E-state index in [4.69, 9.17) is 33.2 Å². The van der Waals surface area contributed by atoms with Crippen LogP contribution in [0.5, 0.6) is 11.5 Å². The number of aromatic hydroxyl groups is 1. The van der Waals surface area contributed by atoms with E-state index >= 15 is 0 Å². The number of hydrogen-bond acceptors (Lipinski definition) is 9. The number of nitrogens with zero attached hydrogens (tertiary/aromatic N) is 1. The zero-order chi connectivity index (χ0) is 25.7. The van der Waals surface area contributed by atoms with E-state index in [1.165, 1.54) is 11.1 Å². The van der Waals surface area contributed by atoms with Crippen LogP contribution in [0.4, 0.5) is 0 Å². The molecule has 37 heavy (non-hydrogen) atoms. The second-order valence-corrected chi connectivity index (χ2v) is 10.2. The van der Waals surface area contributed by atoms with Crippen LogP contribution < -0.4 is 4.74 Å². The first kappa shape index (κ1) is 26.9. The van der Waals surface area contributed by atoms with Gasteiger partial charge in [-0.1, -0.05) is 18.2 Å². The van der Waals surface area contributed by atoms with Crippen LogP contribution in [0.3, 0.4) is 0 Å². The molecular formula is C28H41NO8. The number of ether oxygens (including phenoxy) is 7. The maximum absolute atomic E-state index is 10.6. The van der Waals surface area contributed by atoms with Crippen molar-refractivity contribution in [3.8, 4) is 11.5 Å². The van der Waals surface area contributed by atoms with Gasteiger partial charge < -0.3 is 43.2 Å². The van der Waals surface area contributed by atoms with Crippen molar-refractivity contribution in [2.45, 2.75) is 36.5 Å². The van der Waals surface area contributed by atoms with Crippen LogP contribution in [0.1, 0.15) is 17.5 Å². The van der Waals surface area contributed by atoms with Gasteiger partial charge in [0.2, 0.25) is 0 Å². The Hall–Kier alpha value is -1.72. The monoisotopic (exact) mass is 519 g/mol. The standard InChI is InChI=1S/C28H41NO8/c1-29-8-7-28-21-4-6-24(27(28)37-26-23(30)5-3-20(25(26)28)19-22(21)29)36-18-17-35-16-15-34-14-13-33-12-11-32-10-9-31-2/h3-6,21-22,24,27,30H,7-19H2,1-2H3/t21?,22?,24-,27-,28-/m0/s1. The van der Waals surface area contributed by atoms with Gasteiger partial charge in [-0.15, -0.1) is 0 Å². The predicted octanol–water partition coefficient (Wildman–Crippen LogP) is 1.94. The Morgan fingerprint density at radius 2 is 1.57 bits per heavy atom. The van der Waals surface area contributed by atoms with E-state index in [-0.39, 0.29) is 23.4 Å². The van der Waals surface area contributed by atoms with E-state index in [0.717, 1.165) is 19.4 Å². The van der Waals surface area contributed by atoms with Crippen LogP contribution in [0.25, 0.3) is 0 Å². The van der Waals surface area contributed by atoms with Gasteiger partial charge in [0, 0.05) is 30.0 Å². The van der Waals surface area contributed by atoms with Crippen molar-refractivity contribution in [2.75, 3.05) is 86.8 Å². The van der Waals surface area contributed by atoms with Crippen LogP contribution in [0.15, 0.2) is 24.3 Å². The summed E-state index contributed by atoms with van der Waals surface area (Å²) in [4.78, 5) is 2.48. The zero-order valence-corrected chi connectivity index (χ0v) is 22.1. The Bertz CT molecular complexity index is 926. The van der Waals surface area contributed by atoms with Gasteiger partial charge in [0.15, 0.2) is 11.5 Å².